The summed E-state index contributed by atoms with van der Waals surface area (Å²) in [5.41, 5.74) is 0. The molecule has 0 saturated heterocycles. The number of carboxylic acids is 1. The molecule has 0 amide bonds. The maximum Gasteiger partial charge on any atom is 0.345 e. The van der Waals surface area contributed by atoms with Gasteiger partial charge in [0.05, 0.1) is 6.61 Å². The lowest BCUT2D eigenvalue weighted by Crippen LogP contribution is -2.26. The second-order valence-electron chi connectivity index (χ2n) is 3.43. The monoisotopic (exact) mass is 243 g/mol. The Morgan fingerprint density at radius 2 is 2.31 bits per heavy atom. The lowest BCUT2D eigenvalue weighted by atomic mass is 10.4. The molecule has 0 aliphatic heterocycles. The van der Waals surface area contributed by atoms with E-state index < -0.39 is 5.97 Å². The van der Waals surface area contributed by atoms with Crippen LogP contribution in [0.3, 0.4) is 0 Å². The lowest BCUT2D eigenvalue weighted by molar-refractivity contribution is 0.0702. The van der Waals surface area contributed by atoms with Gasteiger partial charge in [0, 0.05) is 25.1 Å². The number of hydrogen-bond donors (Lipinski definition) is 1. The van der Waals surface area contributed by atoms with Crippen LogP contribution in [0, 0.1) is 0 Å². The van der Waals surface area contributed by atoms with Crippen molar-refractivity contribution in [1.82, 2.24) is 4.90 Å². The van der Waals surface area contributed by atoms with Gasteiger partial charge in [-0.1, -0.05) is 6.92 Å². The summed E-state index contributed by atoms with van der Waals surface area (Å²) >= 11 is 1.34. The number of ether oxygens (including phenoxy) is 1. The SMILES string of the molecule is CCN(CCOC)Cc1ccc(C(=O)O)s1. The topological polar surface area (TPSA) is 49.8 Å². The van der Waals surface area contributed by atoms with E-state index in [-0.39, 0.29) is 0 Å². The van der Waals surface area contributed by atoms with Gasteiger partial charge in [-0.2, -0.15) is 0 Å². The lowest BCUT2D eigenvalue weighted by Gasteiger charge is -2.18. The number of aromatic carboxylic acids is 1. The van der Waals surface area contributed by atoms with Crippen molar-refractivity contribution in [3.05, 3.63) is 21.9 Å². The fourth-order valence-corrected chi connectivity index (χ4v) is 2.26. The number of hydrogen-bond acceptors (Lipinski definition) is 4. The van der Waals surface area contributed by atoms with Crippen LogP contribution in [-0.2, 0) is 11.3 Å². The van der Waals surface area contributed by atoms with Crippen molar-refractivity contribution in [1.29, 1.82) is 0 Å². The molecule has 0 aromatic carbocycles. The Hall–Kier alpha value is -0.910. The molecule has 4 nitrogen and oxygen atoms in total. The fourth-order valence-electron chi connectivity index (χ4n) is 1.37. The molecule has 1 aromatic rings. The van der Waals surface area contributed by atoms with Gasteiger partial charge in [-0.05, 0) is 18.7 Å². The van der Waals surface area contributed by atoms with Gasteiger partial charge < -0.3 is 9.84 Å². The van der Waals surface area contributed by atoms with Crippen LogP contribution in [0.2, 0.25) is 0 Å². The van der Waals surface area contributed by atoms with E-state index in [1.54, 1.807) is 13.2 Å². The smallest absolute Gasteiger partial charge is 0.345 e. The highest BCUT2D eigenvalue weighted by Crippen LogP contribution is 2.18. The fraction of sp³-hybridized carbons (Fsp3) is 0.545. The van der Waals surface area contributed by atoms with Gasteiger partial charge in [0.25, 0.3) is 0 Å². The first-order valence-corrected chi connectivity index (χ1v) is 6.02. The molecule has 0 radical (unpaired) electrons. The van der Waals surface area contributed by atoms with Crippen molar-refractivity contribution < 1.29 is 14.6 Å². The molecule has 0 bridgehead atoms. The summed E-state index contributed by atoms with van der Waals surface area (Å²) in [6.07, 6.45) is 0. The van der Waals surface area contributed by atoms with Crippen LogP contribution < -0.4 is 0 Å². The molecule has 0 aliphatic carbocycles. The summed E-state index contributed by atoms with van der Waals surface area (Å²) in [4.78, 5) is 14.4. The van der Waals surface area contributed by atoms with Crippen molar-refractivity contribution in [2.45, 2.75) is 13.5 Å². The summed E-state index contributed by atoms with van der Waals surface area (Å²) in [6, 6.07) is 3.54. The van der Waals surface area contributed by atoms with Gasteiger partial charge in [0.2, 0.25) is 0 Å². The molecule has 0 atom stereocenters. The highest BCUT2D eigenvalue weighted by molar-refractivity contribution is 7.13. The minimum atomic E-state index is -0.851. The molecule has 0 unspecified atom stereocenters. The van der Waals surface area contributed by atoms with E-state index in [0.29, 0.717) is 11.5 Å². The van der Waals surface area contributed by atoms with Crippen molar-refractivity contribution in [2.75, 3.05) is 26.8 Å². The van der Waals surface area contributed by atoms with E-state index in [1.165, 1.54) is 11.3 Å². The third-order valence-electron chi connectivity index (χ3n) is 2.31. The average Bonchev–Trinajstić information content (AvgIpc) is 2.72. The van der Waals surface area contributed by atoms with Crippen LogP contribution in [0.4, 0.5) is 0 Å². The van der Waals surface area contributed by atoms with Crippen LogP contribution in [-0.4, -0.2) is 42.8 Å². The molecule has 0 fully saturated rings. The summed E-state index contributed by atoms with van der Waals surface area (Å²) in [7, 11) is 1.68. The quantitative estimate of drug-likeness (QED) is 0.795. The third-order valence-corrected chi connectivity index (χ3v) is 3.37. The zero-order valence-electron chi connectivity index (χ0n) is 9.60. The van der Waals surface area contributed by atoms with E-state index in [1.807, 2.05) is 6.07 Å². The van der Waals surface area contributed by atoms with E-state index in [4.69, 9.17) is 9.84 Å². The highest BCUT2D eigenvalue weighted by Gasteiger charge is 2.09. The molecule has 90 valence electrons. The van der Waals surface area contributed by atoms with Gasteiger partial charge in [-0.3, -0.25) is 4.90 Å². The van der Waals surface area contributed by atoms with E-state index in [0.717, 1.165) is 24.5 Å². The second kappa shape index (κ2) is 6.62. The number of thiophene rings is 1. The molecule has 1 rings (SSSR count). The van der Waals surface area contributed by atoms with Crippen LogP contribution in [0.25, 0.3) is 0 Å². The molecule has 0 aliphatic rings. The second-order valence-corrected chi connectivity index (χ2v) is 4.60. The maximum atomic E-state index is 10.7. The first-order valence-electron chi connectivity index (χ1n) is 5.20. The molecular formula is C11H17NO3S. The predicted molar refractivity (Wildman–Crippen MR) is 64.1 cm³/mol. The zero-order valence-corrected chi connectivity index (χ0v) is 10.4. The third kappa shape index (κ3) is 3.92. The first kappa shape index (κ1) is 13.2. The number of carbonyl (C=O) groups is 1. The number of rotatable bonds is 7. The molecular weight excluding hydrogens is 226 g/mol. The van der Waals surface area contributed by atoms with Gasteiger partial charge in [0.15, 0.2) is 0 Å². The summed E-state index contributed by atoms with van der Waals surface area (Å²) < 4.78 is 5.02. The number of methoxy groups -OCH3 is 1. The standard InChI is InChI=1S/C11H17NO3S/c1-3-12(6-7-15-2)8-9-4-5-10(16-9)11(13)14/h4-5H,3,6-8H2,1-2H3,(H,13,14). The molecule has 1 heterocycles. The van der Waals surface area contributed by atoms with Crippen LogP contribution in [0.15, 0.2) is 12.1 Å². The van der Waals surface area contributed by atoms with Crippen LogP contribution in [0.5, 0.6) is 0 Å². The molecule has 5 heteroatoms. The van der Waals surface area contributed by atoms with Gasteiger partial charge in [-0.25, -0.2) is 4.79 Å². The van der Waals surface area contributed by atoms with Gasteiger partial charge in [-0.15, -0.1) is 11.3 Å². The Morgan fingerprint density at radius 1 is 1.56 bits per heavy atom. The largest absolute Gasteiger partial charge is 0.477 e. The van der Waals surface area contributed by atoms with E-state index in [2.05, 4.69) is 11.8 Å². The summed E-state index contributed by atoms with van der Waals surface area (Å²) in [5.74, 6) is -0.851. The molecule has 1 N–H and O–H groups in total. The number of nitrogens with zero attached hydrogens (tertiary/aromatic N) is 1. The Labute approximate surface area is 99.5 Å². The Morgan fingerprint density at radius 3 is 2.81 bits per heavy atom. The first-order chi connectivity index (χ1) is 7.67. The van der Waals surface area contributed by atoms with Crippen molar-refractivity contribution >= 4 is 17.3 Å². The zero-order chi connectivity index (χ0) is 12.0. The highest BCUT2D eigenvalue weighted by atomic mass is 32.1. The maximum absolute atomic E-state index is 10.7. The summed E-state index contributed by atoms with van der Waals surface area (Å²) in [6.45, 7) is 5.38. The molecule has 16 heavy (non-hydrogen) atoms. The number of carboxylic acid groups (broad SMARTS) is 1. The molecule has 1 aromatic heterocycles. The van der Waals surface area contributed by atoms with Gasteiger partial charge in [0.1, 0.15) is 4.88 Å². The number of likely N-dealkylation sites (N-methyl/N-ethyl adjacent to an activating group) is 1. The van der Waals surface area contributed by atoms with Gasteiger partial charge >= 0.3 is 5.97 Å². The van der Waals surface area contributed by atoms with Crippen molar-refractivity contribution in [2.24, 2.45) is 0 Å². The minimum Gasteiger partial charge on any atom is -0.477 e. The van der Waals surface area contributed by atoms with Crippen LogP contribution in [0.1, 0.15) is 21.5 Å². The average molecular weight is 243 g/mol. The summed E-state index contributed by atoms with van der Waals surface area (Å²) in [5, 5.41) is 8.81. The molecule has 0 saturated carbocycles. The normalized spacial score (nSPS) is 10.9. The van der Waals surface area contributed by atoms with Crippen molar-refractivity contribution in [3.8, 4) is 0 Å². The minimum absolute atomic E-state index is 0.401. The Bertz CT molecular complexity index is 338. The van der Waals surface area contributed by atoms with E-state index in [9.17, 15) is 4.79 Å². The Balaban J connectivity index is 2.52. The predicted octanol–water partition coefficient (Wildman–Crippen LogP) is 1.91. The van der Waals surface area contributed by atoms with E-state index >= 15 is 0 Å². The Kier molecular flexibility index (Phi) is 5.45. The van der Waals surface area contributed by atoms with Crippen LogP contribution >= 0.6 is 11.3 Å². The van der Waals surface area contributed by atoms with Crippen molar-refractivity contribution in [3.63, 3.8) is 0 Å². The molecule has 0 spiro atoms.